The lowest BCUT2D eigenvalue weighted by atomic mass is 10.1. The minimum Gasteiger partial charge on any atom is -0.374 e. The third-order valence-electron chi connectivity index (χ3n) is 1.73. The van der Waals surface area contributed by atoms with E-state index < -0.39 is 0 Å². The molecule has 1 aromatic heterocycles. The van der Waals surface area contributed by atoms with Gasteiger partial charge in [0.1, 0.15) is 0 Å². The Balaban J connectivity index is 2.57. The van der Waals surface area contributed by atoms with Crippen LogP contribution in [0.15, 0.2) is 24.3 Å². The highest BCUT2D eigenvalue weighted by Crippen LogP contribution is 2.22. The number of nitrogen functional groups attached to an aromatic ring is 1. The highest BCUT2D eigenvalue weighted by Gasteiger charge is 2.08. The van der Waals surface area contributed by atoms with Crippen molar-refractivity contribution >= 4 is 16.7 Å². The molecule has 14 heavy (non-hydrogen) atoms. The number of benzene rings is 1. The van der Waals surface area contributed by atoms with Crippen LogP contribution in [0.2, 0.25) is 0 Å². The molecular formula is C9H6N4S. The third-order valence-corrected chi connectivity index (χ3v) is 2.27. The maximum Gasteiger partial charge on any atom is 0.200 e. The minimum atomic E-state index is 0.410. The molecule has 0 aliphatic carbocycles. The van der Waals surface area contributed by atoms with Crippen LogP contribution in [-0.4, -0.2) is 9.36 Å². The SMILES string of the molecule is N#Cc1ccccc1-c1nsc(N)n1. The zero-order valence-electron chi connectivity index (χ0n) is 7.14. The highest BCUT2D eigenvalue weighted by atomic mass is 32.1. The van der Waals surface area contributed by atoms with Crippen molar-refractivity contribution in [3.63, 3.8) is 0 Å². The van der Waals surface area contributed by atoms with Gasteiger partial charge in [-0.2, -0.15) is 14.6 Å². The Labute approximate surface area is 84.8 Å². The molecule has 4 nitrogen and oxygen atoms in total. The monoisotopic (exact) mass is 202 g/mol. The number of hydrogen-bond acceptors (Lipinski definition) is 5. The van der Waals surface area contributed by atoms with Gasteiger partial charge in [0.25, 0.3) is 0 Å². The van der Waals surface area contributed by atoms with Crippen molar-refractivity contribution in [2.45, 2.75) is 0 Å². The van der Waals surface area contributed by atoms with E-state index in [2.05, 4.69) is 15.4 Å². The van der Waals surface area contributed by atoms with Crippen LogP contribution in [-0.2, 0) is 0 Å². The van der Waals surface area contributed by atoms with Crippen molar-refractivity contribution in [2.24, 2.45) is 0 Å². The van der Waals surface area contributed by atoms with Crippen molar-refractivity contribution in [2.75, 3.05) is 5.73 Å². The zero-order chi connectivity index (χ0) is 9.97. The summed E-state index contributed by atoms with van der Waals surface area (Å²) in [5.41, 5.74) is 6.75. The van der Waals surface area contributed by atoms with E-state index in [9.17, 15) is 0 Å². The maximum atomic E-state index is 8.85. The van der Waals surface area contributed by atoms with Crippen LogP contribution in [0.4, 0.5) is 5.13 Å². The van der Waals surface area contributed by atoms with Gasteiger partial charge in [-0.05, 0) is 12.1 Å². The van der Waals surface area contributed by atoms with Crippen molar-refractivity contribution in [3.8, 4) is 17.5 Å². The van der Waals surface area contributed by atoms with Crippen LogP contribution >= 0.6 is 11.5 Å². The first-order valence-electron chi connectivity index (χ1n) is 3.90. The quantitative estimate of drug-likeness (QED) is 0.763. The third kappa shape index (κ3) is 1.43. The molecule has 0 amide bonds. The second-order valence-electron chi connectivity index (χ2n) is 2.61. The predicted octanol–water partition coefficient (Wildman–Crippen LogP) is 1.66. The van der Waals surface area contributed by atoms with Gasteiger partial charge in [0, 0.05) is 17.1 Å². The van der Waals surface area contributed by atoms with Crippen LogP contribution < -0.4 is 5.73 Å². The molecule has 0 aliphatic rings. The van der Waals surface area contributed by atoms with E-state index in [1.54, 1.807) is 18.2 Å². The molecule has 1 aromatic carbocycles. The van der Waals surface area contributed by atoms with Gasteiger partial charge >= 0.3 is 0 Å². The molecule has 2 aromatic rings. The average molecular weight is 202 g/mol. The molecule has 1 heterocycles. The Morgan fingerprint density at radius 2 is 2.14 bits per heavy atom. The second-order valence-corrected chi connectivity index (χ2v) is 3.40. The first kappa shape index (κ1) is 8.66. The first-order valence-corrected chi connectivity index (χ1v) is 4.67. The normalized spacial score (nSPS) is 9.64. The molecule has 68 valence electrons. The van der Waals surface area contributed by atoms with Gasteiger partial charge in [-0.1, -0.05) is 12.1 Å². The van der Waals surface area contributed by atoms with Crippen molar-refractivity contribution in [1.82, 2.24) is 9.36 Å². The molecule has 0 aliphatic heterocycles. The molecule has 0 spiro atoms. The molecule has 0 bridgehead atoms. The van der Waals surface area contributed by atoms with Crippen molar-refractivity contribution in [1.29, 1.82) is 5.26 Å². The maximum absolute atomic E-state index is 8.85. The Kier molecular flexibility index (Phi) is 2.13. The lowest BCUT2D eigenvalue weighted by Crippen LogP contribution is -1.87. The van der Waals surface area contributed by atoms with Gasteiger partial charge in [0.05, 0.1) is 11.6 Å². The lowest BCUT2D eigenvalue weighted by molar-refractivity contribution is 1.32. The fourth-order valence-electron chi connectivity index (χ4n) is 1.12. The molecule has 0 unspecified atom stereocenters. The van der Waals surface area contributed by atoms with Crippen molar-refractivity contribution < 1.29 is 0 Å². The Hall–Kier alpha value is -1.93. The molecule has 2 rings (SSSR count). The van der Waals surface area contributed by atoms with Gasteiger partial charge in [-0.15, -0.1) is 0 Å². The van der Waals surface area contributed by atoms with Crippen molar-refractivity contribution in [3.05, 3.63) is 29.8 Å². The van der Waals surface area contributed by atoms with E-state index in [1.807, 2.05) is 6.07 Å². The number of nitrogens with zero attached hydrogens (tertiary/aromatic N) is 3. The summed E-state index contributed by atoms with van der Waals surface area (Å²) >= 11 is 1.13. The Morgan fingerprint density at radius 1 is 1.36 bits per heavy atom. The number of anilines is 1. The smallest absolute Gasteiger partial charge is 0.200 e. The van der Waals surface area contributed by atoms with E-state index in [4.69, 9.17) is 11.0 Å². The Morgan fingerprint density at radius 3 is 2.79 bits per heavy atom. The fourth-order valence-corrected chi connectivity index (χ4v) is 1.57. The summed E-state index contributed by atoms with van der Waals surface area (Å²) in [6, 6.07) is 9.27. The van der Waals surface area contributed by atoms with E-state index in [-0.39, 0.29) is 0 Å². The number of hydrogen-bond donors (Lipinski definition) is 1. The molecule has 0 saturated heterocycles. The fraction of sp³-hybridized carbons (Fsp3) is 0. The average Bonchev–Trinajstić information content (AvgIpc) is 2.65. The zero-order valence-corrected chi connectivity index (χ0v) is 7.95. The van der Waals surface area contributed by atoms with Crippen LogP contribution in [0.1, 0.15) is 5.56 Å². The second kappa shape index (κ2) is 3.44. The standard InChI is InChI=1S/C9H6N4S/c10-5-6-3-1-2-4-7(6)8-12-9(11)14-13-8/h1-4H,(H2,11,12,13). The molecule has 0 atom stereocenters. The number of nitrogens with two attached hydrogens (primary N) is 1. The summed E-state index contributed by atoms with van der Waals surface area (Å²) in [6.07, 6.45) is 0. The minimum absolute atomic E-state index is 0.410. The molecule has 0 saturated carbocycles. The van der Waals surface area contributed by atoms with E-state index in [0.29, 0.717) is 16.5 Å². The van der Waals surface area contributed by atoms with Crippen LogP contribution in [0.25, 0.3) is 11.4 Å². The number of nitriles is 1. The Bertz CT molecular complexity index is 498. The molecule has 5 heteroatoms. The van der Waals surface area contributed by atoms with Gasteiger partial charge < -0.3 is 5.73 Å². The molecular weight excluding hydrogens is 196 g/mol. The van der Waals surface area contributed by atoms with Gasteiger partial charge in [0.15, 0.2) is 11.0 Å². The van der Waals surface area contributed by atoms with Crippen LogP contribution in [0.3, 0.4) is 0 Å². The summed E-state index contributed by atoms with van der Waals surface area (Å²) in [5, 5.41) is 9.26. The summed E-state index contributed by atoms with van der Waals surface area (Å²) in [6.45, 7) is 0. The number of rotatable bonds is 1. The van der Waals surface area contributed by atoms with Crippen LogP contribution in [0, 0.1) is 11.3 Å². The summed E-state index contributed by atoms with van der Waals surface area (Å²) in [7, 11) is 0. The highest BCUT2D eigenvalue weighted by molar-refractivity contribution is 7.09. The summed E-state index contributed by atoms with van der Waals surface area (Å²) in [4.78, 5) is 4.02. The topological polar surface area (TPSA) is 75.6 Å². The summed E-state index contributed by atoms with van der Waals surface area (Å²) < 4.78 is 4.05. The van der Waals surface area contributed by atoms with Gasteiger partial charge in [-0.3, -0.25) is 0 Å². The van der Waals surface area contributed by atoms with E-state index >= 15 is 0 Å². The molecule has 0 fully saturated rings. The van der Waals surface area contributed by atoms with Gasteiger partial charge in [-0.25, -0.2) is 0 Å². The number of aromatic nitrogens is 2. The lowest BCUT2D eigenvalue weighted by Gasteiger charge is -1.96. The summed E-state index contributed by atoms with van der Waals surface area (Å²) in [5.74, 6) is 0.518. The predicted molar refractivity (Wildman–Crippen MR) is 54.5 cm³/mol. The molecule has 2 N–H and O–H groups in total. The molecule has 0 radical (unpaired) electrons. The van der Waals surface area contributed by atoms with E-state index in [1.165, 1.54) is 0 Å². The van der Waals surface area contributed by atoms with Crippen LogP contribution in [0.5, 0.6) is 0 Å². The first-order chi connectivity index (χ1) is 6.81. The van der Waals surface area contributed by atoms with E-state index in [0.717, 1.165) is 17.1 Å². The van der Waals surface area contributed by atoms with Gasteiger partial charge in [0.2, 0.25) is 0 Å². The largest absolute Gasteiger partial charge is 0.374 e.